The van der Waals surface area contributed by atoms with Gasteiger partial charge in [-0.15, -0.1) is 0 Å². The van der Waals surface area contributed by atoms with Crippen LogP contribution in [0.5, 0.6) is 0 Å². The first-order chi connectivity index (χ1) is 14.8. The molecule has 1 aromatic carbocycles. The van der Waals surface area contributed by atoms with Gasteiger partial charge in [0.15, 0.2) is 11.2 Å². The Balaban J connectivity index is 1.70. The third-order valence-corrected chi connectivity index (χ3v) is 6.38. The van der Waals surface area contributed by atoms with Gasteiger partial charge in [-0.1, -0.05) is 23.8 Å². The van der Waals surface area contributed by atoms with E-state index in [1.807, 2.05) is 49.6 Å². The zero-order chi connectivity index (χ0) is 21.9. The molecule has 0 amide bonds. The molecule has 8 heteroatoms. The molecule has 0 saturated carbocycles. The molecule has 3 aromatic heterocycles. The van der Waals surface area contributed by atoms with Gasteiger partial charge >= 0.3 is 5.69 Å². The average molecular weight is 422 g/mol. The van der Waals surface area contributed by atoms with Crippen LogP contribution in [0.2, 0.25) is 0 Å². The van der Waals surface area contributed by atoms with Crippen LogP contribution in [-0.4, -0.2) is 35.8 Å². The molecule has 0 bridgehead atoms. The van der Waals surface area contributed by atoms with Crippen LogP contribution in [0.25, 0.3) is 16.9 Å². The fourth-order valence-electron chi connectivity index (χ4n) is 4.55. The van der Waals surface area contributed by atoms with E-state index in [0.29, 0.717) is 23.5 Å². The highest BCUT2D eigenvalue weighted by molar-refractivity contribution is 5.75. The first-order valence-corrected chi connectivity index (χ1v) is 10.7. The number of ether oxygens (including phenoxy) is 1. The molecule has 1 aliphatic heterocycles. The summed E-state index contributed by atoms with van der Waals surface area (Å²) in [6.45, 7) is 7.72. The number of imidazole rings is 2. The van der Waals surface area contributed by atoms with Crippen molar-refractivity contribution in [2.75, 3.05) is 6.61 Å². The van der Waals surface area contributed by atoms with Gasteiger partial charge in [0.1, 0.15) is 0 Å². The van der Waals surface area contributed by atoms with Crippen molar-refractivity contribution >= 4 is 16.9 Å². The van der Waals surface area contributed by atoms with Gasteiger partial charge in [-0.05, 0) is 44.7 Å². The third-order valence-electron chi connectivity index (χ3n) is 6.38. The molecule has 0 N–H and O–H groups in total. The van der Waals surface area contributed by atoms with Crippen molar-refractivity contribution in [2.24, 2.45) is 7.05 Å². The lowest BCUT2D eigenvalue weighted by atomic mass is 10.1. The standard InChI is InChI=1S/C23H27N5O3/c1-14-7-8-15(2)17(10-14)12-28-21(29)19-20(25(4)23(28)30)24-22-26(16(3)11-27(19)22)13-18-6-5-9-31-18/h7-8,10-11,18H,5-6,9,12-13H2,1-4H3/t18-/m0/s1. The lowest BCUT2D eigenvalue weighted by Crippen LogP contribution is -2.39. The maximum atomic E-state index is 13.5. The summed E-state index contributed by atoms with van der Waals surface area (Å²) in [5, 5.41) is 0. The summed E-state index contributed by atoms with van der Waals surface area (Å²) >= 11 is 0. The number of benzene rings is 1. The third kappa shape index (κ3) is 3.13. The maximum Gasteiger partial charge on any atom is 0.332 e. The second-order valence-corrected chi connectivity index (χ2v) is 8.63. The van der Waals surface area contributed by atoms with Crippen molar-refractivity contribution in [3.8, 4) is 0 Å². The van der Waals surface area contributed by atoms with E-state index in [9.17, 15) is 9.59 Å². The summed E-state index contributed by atoms with van der Waals surface area (Å²) in [4.78, 5) is 31.3. The highest BCUT2D eigenvalue weighted by Gasteiger charge is 2.23. The van der Waals surface area contributed by atoms with Gasteiger partial charge in [0.25, 0.3) is 5.56 Å². The summed E-state index contributed by atoms with van der Waals surface area (Å²) in [7, 11) is 1.67. The lowest BCUT2D eigenvalue weighted by molar-refractivity contribution is 0.0974. The summed E-state index contributed by atoms with van der Waals surface area (Å²) in [5.74, 6) is 0.666. The van der Waals surface area contributed by atoms with Gasteiger partial charge in [0.2, 0.25) is 5.78 Å². The summed E-state index contributed by atoms with van der Waals surface area (Å²) in [6.07, 6.45) is 4.16. The lowest BCUT2D eigenvalue weighted by Gasteiger charge is -2.12. The molecule has 0 unspecified atom stereocenters. The van der Waals surface area contributed by atoms with Crippen LogP contribution in [0.15, 0.2) is 34.0 Å². The van der Waals surface area contributed by atoms with Gasteiger partial charge in [-0.3, -0.25) is 18.3 Å². The van der Waals surface area contributed by atoms with Gasteiger partial charge in [0, 0.05) is 25.5 Å². The summed E-state index contributed by atoms with van der Waals surface area (Å²) < 4.78 is 12.5. The van der Waals surface area contributed by atoms with E-state index in [2.05, 4.69) is 4.57 Å². The Bertz CT molecular complexity index is 1430. The predicted molar refractivity (Wildman–Crippen MR) is 119 cm³/mol. The normalized spacial score (nSPS) is 16.7. The number of hydrogen-bond acceptors (Lipinski definition) is 4. The first kappa shape index (κ1) is 19.8. The number of nitrogens with zero attached hydrogens (tertiary/aromatic N) is 5. The van der Waals surface area contributed by atoms with Crippen molar-refractivity contribution in [2.45, 2.75) is 52.8 Å². The Labute approximate surface area is 179 Å². The highest BCUT2D eigenvalue weighted by Crippen LogP contribution is 2.20. The zero-order valence-corrected chi connectivity index (χ0v) is 18.4. The van der Waals surface area contributed by atoms with E-state index in [4.69, 9.17) is 9.72 Å². The molecule has 0 aliphatic carbocycles. The van der Waals surface area contributed by atoms with Crippen LogP contribution < -0.4 is 11.2 Å². The van der Waals surface area contributed by atoms with Gasteiger partial charge in [-0.2, -0.15) is 4.98 Å². The number of aromatic nitrogens is 5. The first-order valence-electron chi connectivity index (χ1n) is 10.7. The van der Waals surface area contributed by atoms with E-state index < -0.39 is 0 Å². The minimum atomic E-state index is -0.360. The Kier molecular flexibility index (Phi) is 4.62. The highest BCUT2D eigenvalue weighted by atomic mass is 16.5. The molecular formula is C23H27N5O3. The smallest absolute Gasteiger partial charge is 0.332 e. The number of hydrogen-bond donors (Lipinski definition) is 0. The molecule has 31 heavy (non-hydrogen) atoms. The van der Waals surface area contributed by atoms with Gasteiger partial charge in [-0.25, -0.2) is 4.79 Å². The Morgan fingerprint density at radius 1 is 1.16 bits per heavy atom. The number of rotatable bonds is 4. The SMILES string of the molecule is Cc1ccc(C)c(Cn2c(=O)c3c(nc4n(C[C@@H]5CCCO5)c(C)cn34)n(C)c2=O)c1. The van der Waals surface area contributed by atoms with Crippen LogP contribution >= 0.6 is 0 Å². The van der Waals surface area contributed by atoms with Crippen molar-refractivity contribution in [3.05, 3.63) is 67.6 Å². The minimum absolute atomic E-state index is 0.152. The second kappa shape index (κ2) is 7.23. The van der Waals surface area contributed by atoms with E-state index in [-0.39, 0.29) is 23.9 Å². The molecule has 1 atom stereocenters. The summed E-state index contributed by atoms with van der Waals surface area (Å²) in [5.41, 5.74) is 4.28. The monoisotopic (exact) mass is 421 g/mol. The molecule has 5 rings (SSSR count). The van der Waals surface area contributed by atoms with Crippen molar-refractivity contribution in [3.63, 3.8) is 0 Å². The van der Waals surface area contributed by atoms with E-state index in [1.54, 1.807) is 7.05 Å². The average Bonchev–Trinajstić information content (AvgIpc) is 3.44. The Hall–Kier alpha value is -3.13. The second-order valence-electron chi connectivity index (χ2n) is 8.63. The fraction of sp³-hybridized carbons (Fsp3) is 0.435. The molecular weight excluding hydrogens is 394 g/mol. The zero-order valence-electron chi connectivity index (χ0n) is 18.4. The summed E-state index contributed by atoms with van der Waals surface area (Å²) in [6, 6.07) is 6.08. The van der Waals surface area contributed by atoms with E-state index in [0.717, 1.165) is 41.8 Å². The van der Waals surface area contributed by atoms with Crippen molar-refractivity contribution < 1.29 is 4.74 Å². The van der Waals surface area contributed by atoms with Crippen molar-refractivity contribution in [1.29, 1.82) is 0 Å². The van der Waals surface area contributed by atoms with Crippen molar-refractivity contribution in [1.82, 2.24) is 23.1 Å². The Morgan fingerprint density at radius 3 is 2.71 bits per heavy atom. The number of fused-ring (bicyclic) bond motifs is 3. The predicted octanol–water partition coefficient (Wildman–Crippen LogP) is 2.30. The Morgan fingerprint density at radius 2 is 1.97 bits per heavy atom. The molecule has 1 saturated heterocycles. The van der Waals surface area contributed by atoms with Crippen LogP contribution in [0.1, 0.15) is 35.2 Å². The van der Waals surface area contributed by atoms with Crippen LogP contribution in [-0.2, 0) is 24.9 Å². The molecule has 8 nitrogen and oxygen atoms in total. The topological polar surface area (TPSA) is 75.5 Å². The van der Waals surface area contributed by atoms with E-state index >= 15 is 0 Å². The van der Waals surface area contributed by atoms with Gasteiger partial charge < -0.3 is 9.30 Å². The van der Waals surface area contributed by atoms with Crippen LogP contribution in [0, 0.1) is 20.8 Å². The van der Waals surface area contributed by atoms with Crippen LogP contribution in [0.3, 0.4) is 0 Å². The van der Waals surface area contributed by atoms with Crippen LogP contribution in [0.4, 0.5) is 0 Å². The van der Waals surface area contributed by atoms with E-state index in [1.165, 1.54) is 9.13 Å². The maximum absolute atomic E-state index is 13.5. The fourth-order valence-corrected chi connectivity index (χ4v) is 4.55. The largest absolute Gasteiger partial charge is 0.376 e. The molecule has 162 valence electrons. The molecule has 4 aromatic rings. The quantitative estimate of drug-likeness (QED) is 0.507. The number of aryl methyl sites for hydroxylation is 4. The molecule has 4 heterocycles. The van der Waals surface area contributed by atoms with Gasteiger partial charge in [0.05, 0.1) is 19.2 Å². The minimum Gasteiger partial charge on any atom is -0.376 e. The molecule has 0 radical (unpaired) electrons. The molecule has 1 aliphatic rings. The molecule has 0 spiro atoms. The molecule has 1 fully saturated rings.